The Kier molecular flexibility index (Phi) is 1.36. The van der Waals surface area contributed by atoms with E-state index in [1.807, 2.05) is 0 Å². The molecule has 0 aliphatic heterocycles. The third-order valence-corrected chi connectivity index (χ3v) is 3.44. The molecule has 0 saturated heterocycles. The summed E-state index contributed by atoms with van der Waals surface area (Å²) in [6.45, 7) is 4.61. The van der Waals surface area contributed by atoms with Crippen molar-refractivity contribution in [2.24, 2.45) is 17.8 Å². The fourth-order valence-corrected chi connectivity index (χ4v) is 2.75. The largest absolute Gasteiger partial charge is 0.0882 e. The first kappa shape index (κ1) is 6.45. The molecule has 0 heteroatoms. The first-order valence-corrected chi connectivity index (χ1v) is 4.46. The minimum absolute atomic E-state index is 0.991. The average Bonchev–Trinajstić information content (AvgIpc) is 2.44. The molecule has 10 heavy (non-hydrogen) atoms. The van der Waals surface area contributed by atoms with Crippen molar-refractivity contribution in [2.75, 3.05) is 0 Å². The van der Waals surface area contributed by atoms with E-state index in [1.165, 1.54) is 19.3 Å². The van der Waals surface area contributed by atoms with Crippen LogP contribution in [-0.2, 0) is 0 Å². The molecule has 0 amide bonds. The second-order valence-electron chi connectivity index (χ2n) is 3.97. The molecule has 0 aromatic carbocycles. The second kappa shape index (κ2) is 2.11. The lowest BCUT2D eigenvalue weighted by Gasteiger charge is -2.18. The van der Waals surface area contributed by atoms with Crippen LogP contribution in [0.1, 0.15) is 33.1 Å². The van der Waals surface area contributed by atoms with Crippen LogP contribution in [-0.4, -0.2) is 0 Å². The summed E-state index contributed by atoms with van der Waals surface area (Å²) in [6, 6.07) is 0. The molecule has 2 rings (SSSR count). The van der Waals surface area contributed by atoms with Gasteiger partial charge in [0.1, 0.15) is 0 Å². The fourth-order valence-electron chi connectivity index (χ4n) is 2.75. The normalized spacial score (nSPS) is 49.0. The average molecular weight is 136 g/mol. The lowest BCUT2D eigenvalue weighted by molar-refractivity contribution is 0.404. The van der Waals surface area contributed by atoms with Gasteiger partial charge >= 0.3 is 0 Å². The molecule has 0 heterocycles. The number of fused-ring (bicyclic) bond motifs is 2. The van der Waals surface area contributed by atoms with E-state index < -0.39 is 0 Å². The third kappa shape index (κ3) is 0.744. The SMILES string of the molecule is C/C=C1/CC2CC1CC2C. The van der Waals surface area contributed by atoms with Crippen LogP contribution in [0.2, 0.25) is 0 Å². The minimum atomic E-state index is 0.991. The zero-order valence-electron chi connectivity index (χ0n) is 6.93. The van der Waals surface area contributed by atoms with Gasteiger partial charge in [-0.3, -0.25) is 0 Å². The van der Waals surface area contributed by atoms with Gasteiger partial charge < -0.3 is 0 Å². The lowest BCUT2D eigenvalue weighted by Crippen LogP contribution is -2.07. The predicted molar refractivity (Wildman–Crippen MR) is 43.8 cm³/mol. The first-order valence-electron chi connectivity index (χ1n) is 4.46. The van der Waals surface area contributed by atoms with Crippen molar-refractivity contribution >= 4 is 0 Å². The molecule has 2 fully saturated rings. The van der Waals surface area contributed by atoms with Crippen LogP contribution in [0.25, 0.3) is 0 Å². The molecular formula is C10H16. The topological polar surface area (TPSA) is 0 Å². The van der Waals surface area contributed by atoms with E-state index in [-0.39, 0.29) is 0 Å². The zero-order chi connectivity index (χ0) is 7.14. The summed E-state index contributed by atoms with van der Waals surface area (Å²) < 4.78 is 0. The van der Waals surface area contributed by atoms with E-state index >= 15 is 0 Å². The Balaban J connectivity index is 2.16. The molecule has 3 atom stereocenters. The van der Waals surface area contributed by atoms with Crippen molar-refractivity contribution in [3.05, 3.63) is 11.6 Å². The zero-order valence-corrected chi connectivity index (χ0v) is 6.93. The van der Waals surface area contributed by atoms with Gasteiger partial charge in [-0.2, -0.15) is 0 Å². The molecule has 56 valence electrons. The molecular weight excluding hydrogens is 120 g/mol. The molecule has 0 nitrogen and oxygen atoms in total. The van der Waals surface area contributed by atoms with Gasteiger partial charge in [0.2, 0.25) is 0 Å². The molecule has 2 bridgehead atoms. The van der Waals surface area contributed by atoms with Crippen LogP contribution in [0.15, 0.2) is 11.6 Å². The number of hydrogen-bond acceptors (Lipinski definition) is 0. The molecule has 2 aliphatic carbocycles. The highest BCUT2D eigenvalue weighted by Gasteiger charge is 2.39. The molecule has 3 unspecified atom stereocenters. The Hall–Kier alpha value is -0.260. The van der Waals surface area contributed by atoms with Crippen LogP contribution < -0.4 is 0 Å². The van der Waals surface area contributed by atoms with Gasteiger partial charge in [0, 0.05) is 0 Å². The highest BCUT2D eigenvalue weighted by molar-refractivity contribution is 5.16. The van der Waals surface area contributed by atoms with E-state index in [9.17, 15) is 0 Å². The van der Waals surface area contributed by atoms with Crippen LogP contribution in [0.3, 0.4) is 0 Å². The second-order valence-corrected chi connectivity index (χ2v) is 3.97. The van der Waals surface area contributed by atoms with Gasteiger partial charge in [0.25, 0.3) is 0 Å². The van der Waals surface area contributed by atoms with E-state index in [1.54, 1.807) is 5.57 Å². The number of hydrogen-bond donors (Lipinski definition) is 0. The van der Waals surface area contributed by atoms with Gasteiger partial charge in [-0.15, -0.1) is 0 Å². The molecule has 2 aliphatic rings. The minimum Gasteiger partial charge on any atom is -0.0882 e. The first-order chi connectivity index (χ1) is 4.81. The summed E-state index contributed by atoms with van der Waals surface area (Å²) in [5.74, 6) is 3.06. The Morgan fingerprint density at radius 2 is 2.20 bits per heavy atom. The maximum absolute atomic E-state index is 2.41. The monoisotopic (exact) mass is 136 g/mol. The maximum Gasteiger partial charge on any atom is -0.0198 e. The highest BCUT2D eigenvalue weighted by atomic mass is 14.4. The Morgan fingerprint density at radius 1 is 1.40 bits per heavy atom. The maximum atomic E-state index is 2.41. The van der Waals surface area contributed by atoms with Crippen LogP contribution in [0.4, 0.5) is 0 Å². The summed E-state index contributed by atoms with van der Waals surface area (Å²) in [4.78, 5) is 0. The third-order valence-electron chi connectivity index (χ3n) is 3.44. The standard InChI is InChI=1S/C10H16/c1-3-8-5-9-6-10(8)4-7(9)2/h3,7,9-10H,4-6H2,1-2H3/b8-3-. The van der Waals surface area contributed by atoms with Crippen LogP contribution in [0.5, 0.6) is 0 Å². The summed E-state index contributed by atoms with van der Waals surface area (Å²) >= 11 is 0. The van der Waals surface area contributed by atoms with Gasteiger partial charge in [-0.1, -0.05) is 18.6 Å². The Labute approximate surface area is 63.3 Å². The predicted octanol–water partition coefficient (Wildman–Crippen LogP) is 3.00. The quantitative estimate of drug-likeness (QED) is 0.449. The van der Waals surface area contributed by atoms with Gasteiger partial charge in [-0.25, -0.2) is 0 Å². The van der Waals surface area contributed by atoms with Gasteiger partial charge in [0.15, 0.2) is 0 Å². The van der Waals surface area contributed by atoms with Crippen molar-refractivity contribution in [1.82, 2.24) is 0 Å². The summed E-state index contributed by atoms with van der Waals surface area (Å²) in [5.41, 5.74) is 1.75. The molecule has 0 N–H and O–H groups in total. The van der Waals surface area contributed by atoms with Gasteiger partial charge in [0.05, 0.1) is 0 Å². The van der Waals surface area contributed by atoms with Crippen molar-refractivity contribution < 1.29 is 0 Å². The van der Waals surface area contributed by atoms with E-state index in [2.05, 4.69) is 19.9 Å². The fraction of sp³-hybridized carbons (Fsp3) is 0.800. The van der Waals surface area contributed by atoms with Crippen LogP contribution in [0, 0.1) is 17.8 Å². The highest BCUT2D eigenvalue weighted by Crippen LogP contribution is 2.50. The van der Waals surface area contributed by atoms with E-state index in [4.69, 9.17) is 0 Å². The number of rotatable bonds is 0. The summed E-state index contributed by atoms with van der Waals surface area (Å²) in [7, 11) is 0. The Morgan fingerprint density at radius 3 is 2.60 bits per heavy atom. The smallest absolute Gasteiger partial charge is 0.0198 e. The number of allylic oxidation sites excluding steroid dienone is 2. The lowest BCUT2D eigenvalue weighted by atomic mass is 9.87. The molecule has 0 aromatic heterocycles. The van der Waals surface area contributed by atoms with Crippen molar-refractivity contribution in [1.29, 1.82) is 0 Å². The molecule has 0 radical (unpaired) electrons. The summed E-state index contributed by atoms with van der Waals surface area (Å²) in [5, 5.41) is 0. The van der Waals surface area contributed by atoms with Crippen molar-refractivity contribution in [3.8, 4) is 0 Å². The summed E-state index contributed by atoms with van der Waals surface area (Å²) in [6.07, 6.45) is 6.74. The van der Waals surface area contributed by atoms with E-state index in [0.29, 0.717) is 0 Å². The molecule has 0 spiro atoms. The van der Waals surface area contributed by atoms with Crippen molar-refractivity contribution in [3.63, 3.8) is 0 Å². The van der Waals surface area contributed by atoms with Crippen molar-refractivity contribution in [2.45, 2.75) is 33.1 Å². The van der Waals surface area contributed by atoms with E-state index in [0.717, 1.165) is 17.8 Å². The molecule has 0 aromatic rings. The van der Waals surface area contributed by atoms with Crippen LogP contribution >= 0.6 is 0 Å². The van der Waals surface area contributed by atoms with Gasteiger partial charge in [-0.05, 0) is 43.9 Å². The Bertz CT molecular complexity index is 165. The molecule has 2 saturated carbocycles.